The van der Waals surface area contributed by atoms with E-state index >= 15 is 0 Å². The Hall–Kier alpha value is -2.68. The van der Waals surface area contributed by atoms with Crippen LogP contribution in [0.4, 0.5) is 5.69 Å². The van der Waals surface area contributed by atoms with Crippen LogP contribution in [-0.2, 0) is 23.9 Å². The number of likely N-dealkylation sites (tertiary alicyclic amines) is 1. The molecule has 0 saturated carbocycles. The maximum Gasteiger partial charge on any atom is 0.312 e. The molecule has 3 heterocycles. The van der Waals surface area contributed by atoms with Gasteiger partial charge in [-0.1, -0.05) is 23.8 Å². The van der Waals surface area contributed by atoms with Gasteiger partial charge in [-0.3, -0.25) is 14.4 Å². The molecule has 3 fully saturated rings. The maximum atomic E-state index is 14.3. The molecule has 1 aromatic rings. The molecule has 200 valence electrons. The summed E-state index contributed by atoms with van der Waals surface area (Å²) in [7, 11) is 0. The highest BCUT2D eigenvalue weighted by Gasteiger charge is 2.78. The molecular formula is C28H35ClN2O6. The Balaban J connectivity index is 1.71. The number of hydrogen-bond acceptors (Lipinski definition) is 6. The van der Waals surface area contributed by atoms with Crippen molar-refractivity contribution in [3.8, 4) is 0 Å². The van der Waals surface area contributed by atoms with Crippen molar-refractivity contribution in [1.82, 2.24) is 4.90 Å². The number of unbranched alkanes of at least 4 members (excludes halogenated alkanes) is 1. The first-order chi connectivity index (χ1) is 17.7. The van der Waals surface area contributed by atoms with E-state index in [0.29, 0.717) is 42.8 Å². The normalized spacial score (nSPS) is 29.8. The average Bonchev–Trinajstić information content (AvgIpc) is 3.44. The van der Waals surface area contributed by atoms with Gasteiger partial charge in [0.25, 0.3) is 5.91 Å². The Kier molecular flexibility index (Phi) is 8.11. The second-order valence-corrected chi connectivity index (χ2v) is 10.6. The summed E-state index contributed by atoms with van der Waals surface area (Å²) in [6.45, 7) is 9.80. The summed E-state index contributed by atoms with van der Waals surface area (Å²) in [5, 5.41) is 10.1. The van der Waals surface area contributed by atoms with Gasteiger partial charge < -0.3 is 24.4 Å². The van der Waals surface area contributed by atoms with Gasteiger partial charge in [-0.05, 0) is 63.3 Å². The van der Waals surface area contributed by atoms with Crippen molar-refractivity contribution in [3.63, 3.8) is 0 Å². The number of halogens is 1. The number of amides is 2. The first kappa shape index (κ1) is 27.4. The lowest BCUT2D eigenvalue weighted by Gasteiger charge is -2.36. The van der Waals surface area contributed by atoms with E-state index in [0.717, 1.165) is 0 Å². The molecule has 1 aromatic carbocycles. The third kappa shape index (κ3) is 4.71. The zero-order valence-electron chi connectivity index (χ0n) is 21.2. The third-order valence-corrected chi connectivity index (χ3v) is 8.09. The van der Waals surface area contributed by atoms with Crippen LogP contribution < -0.4 is 4.90 Å². The summed E-state index contributed by atoms with van der Waals surface area (Å²) in [6, 6.07) is 5.92. The second-order valence-electron chi connectivity index (χ2n) is 10.1. The van der Waals surface area contributed by atoms with Gasteiger partial charge in [-0.2, -0.15) is 0 Å². The fourth-order valence-electron chi connectivity index (χ4n) is 6.25. The number of anilines is 1. The lowest BCUT2D eigenvalue weighted by molar-refractivity contribution is -0.159. The molecule has 4 rings (SSSR count). The molecular weight excluding hydrogens is 496 g/mol. The van der Waals surface area contributed by atoms with Crippen molar-refractivity contribution in [3.05, 3.63) is 54.6 Å². The number of hydrogen-bond donors (Lipinski definition) is 1. The summed E-state index contributed by atoms with van der Waals surface area (Å²) >= 11 is 6.07. The van der Waals surface area contributed by atoms with E-state index in [2.05, 4.69) is 13.2 Å². The van der Waals surface area contributed by atoms with E-state index in [-0.39, 0.29) is 38.1 Å². The predicted molar refractivity (Wildman–Crippen MR) is 140 cm³/mol. The molecule has 9 heteroatoms. The Morgan fingerprint density at radius 3 is 2.62 bits per heavy atom. The van der Waals surface area contributed by atoms with Crippen molar-refractivity contribution in [2.45, 2.75) is 56.3 Å². The number of carbonyl (C=O) groups is 3. The topological polar surface area (TPSA) is 96.4 Å². The Morgan fingerprint density at radius 1 is 1.24 bits per heavy atom. The van der Waals surface area contributed by atoms with Crippen LogP contribution in [-0.4, -0.2) is 71.3 Å². The minimum absolute atomic E-state index is 0.136. The number of esters is 1. The van der Waals surface area contributed by atoms with Crippen LogP contribution in [0.5, 0.6) is 0 Å². The number of allylic oxidation sites excluding steroid dienone is 1. The molecule has 2 amide bonds. The van der Waals surface area contributed by atoms with Crippen LogP contribution in [0.3, 0.4) is 0 Å². The molecule has 3 aliphatic rings. The van der Waals surface area contributed by atoms with E-state index in [9.17, 15) is 19.5 Å². The maximum absolute atomic E-state index is 14.3. The van der Waals surface area contributed by atoms with Crippen molar-refractivity contribution < 1.29 is 29.0 Å². The Labute approximate surface area is 222 Å². The number of aliphatic hydroxyl groups is 1. The molecule has 2 bridgehead atoms. The van der Waals surface area contributed by atoms with E-state index in [1.165, 1.54) is 4.90 Å². The first-order valence-corrected chi connectivity index (χ1v) is 13.2. The number of rotatable bonds is 12. The largest absolute Gasteiger partial charge is 0.465 e. The molecule has 0 radical (unpaired) electrons. The molecule has 37 heavy (non-hydrogen) atoms. The van der Waals surface area contributed by atoms with Crippen LogP contribution in [0, 0.1) is 11.8 Å². The summed E-state index contributed by atoms with van der Waals surface area (Å²) in [5.41, 5.74) is -1.45. The van der Waals surface area contributed by atoms with Gasteiger partial charge in [0.2, 0.25) is 5.91 Å². The molecule has 3 saturated heterocycles. The van der Waals surface area contributed by atoms with Crippen LogP contribution >= 0.6 is 11.6 Å². The average molecular weight is 531 g/mol. The standard InChI is InChI=1S/C28H35ClN2O6/c1-4-6-7-18-36-26(35)22-21-24(33)31(16-8-17-32)23(28(21)14-13-27(22,3)37-28)25(34)30(15-5-2)20-11-9-19(29)10-12-20/h4-5,9-12,21-23,32H,1-2,6-8,13-18H2,3H3/t21-,22+,23?,27-,28?/m0/s1. The molecule has 1 spiro atoms. The van der Waals surface area contributed by atoms with Gasteiger partial charge in [-0.25, -0.2) is 0 Å². The van der Waals surface area contributed by atoms with E-state index in [1.54, 1.807) is 41.3 Å². The zero-order valence-corrected chi connectivity index (χ0v) is 22.0. The first-order valence-electron chi connectivity index (χ1n) is 12.8. The molecule has 8 nitrogen and oxygen atoms in total. The number of fused-ring (bicyclic) bond motifs is 1. The van der Waals surface area contributed by atoms with Gasteiger partial charge in [-0.15, -0.1) is 13.2 Å². The number of ether oxygens (including phenoxy) is 2. The summed E-state index contributed by atoms with van der Waals surface area (Å²) < 4.78 is 12.2. The van der Waals surface area contributed by atoms with Crippen molar-refractivity contribution in [2.24, 2.45) is 11.8 Å². The molecule has 2 unspecified atom stereocenters. The number of nitrogens with zero attached hydrogens (tertiary/aromatic N) is 2. The Bertz CT molecular complexity index is 1060. The zero-order chi connectivity index (χ0) is 26.8. The fourth-order valence-corrected chi connectivity index (χ4v) is 6.38. The van der Waals surface area contributed by atoms with Gasteiger partial charge in [0.15, 0.2) is 0 Å². The number of carbonyl (C=O) groups excluding carboxylic acids is 3. The van der Waals surface area contributed by atoms with E-state index < -0.39 is 35.0 Å². The molecule has 0 aromatic heterocycles. The number of benzene rings is 1. The van der Waals surface area contributed by atoms with Gasteiger partial charge >= 0.3 is 5.97 Å². The van der Waals surface area contributed by atoms with Gasteiger partial charge in [0.05, 0.1) is 18.1 Å². The molecule has 0 aliphatic carbocycles. The lowest BCUT2D eigenvalue weighted by atomic mass is 9.66. The van der Waals surface area contributed by atoms with Crippen molar-refractivity contribution in [2.75, 3.05) is 31.2 Å². The fraction of sp³-hybridized carbons (Fsp3) is 0.536. The number of aliphatic hydroxyl groups excluding tert-OH is 1. The molecule has 1 N–H and O–H groups in total. The second kappa shape index (κ2) is 11.0. The van der Waals surface area contributed by atoms with Gasteiger partial charge in [0, 0.05) is 30.4 Å². The van der Waals surface area contributed by atoms with Crippen LogP contribution in [0.1, 0.15) is 39.0 Å². The van der Waals surface area contributed by atoms with Crippen LogP contribution in [0.15, 0.2) is 49.6 Å². The minimum Gasteiger partial charge on any atom is -0.465 e. The van der Waals surface area contributed by atoms with Crippen LogP contribution in [0.2, 0.25) is 5.02 Å². The van der Waals surface area contributed by atoms with E-state index in [1.807, 2.05) is 6.92 Å². The highest BCUT2D eigenvalue weighted by Crippen LogP contribution is 2.63. The van der Waals surface area contributed by atoms with Crippen LogP contribution in [0.25, 0.3) is 0 Å². The smallest absolute Gasteiger partial charge is 0.312 e. The predicted octanol–water partition coefficient (Wildman–Crippen LogP) is 3.52. The van der Waals surface area contributed by atoms with E-state index in [4.69, 9.17) is 21.1 Å². The van der Waals surface area contributed by atoms with Crippen molar-refractivity contribution >= 4 is 35.1 Å². The minimum atomic E-state index is -1.16. The Morgan fingerprint density at radius 2 is 1.97 bits per heavy atom. The molecule has 3 aliphatic heterocycles. The van der Waals surface area contributed by atoms with Crippen molar-refractivity contribution in [1.29, 1.82) is 0 Å². The summed E-state index contributed by atoms with van der Waals surface area (Å²) in [5.74, 6) is -2.74. The quantitative estimate of drug-likeness (QED) is 0.252. The monoisotopic (exact) mass is 530 g/mol. The summed E-state index contributed by atoms with van der Waals surface area (Å²) in [4.78, 5) is 44.6. The lowest BCUT2D eigenvalue weighted by Crippen LogP contribution is -2.56. The highest BCUT2D eigenvalue weighted by molar-refractivity contribution is 6.30. The third-order valence-electron chi connectivity index (χ3n) is 7.83. The van der Waals surface area contributed by atoms with Gasteiger partial charge in [0.1, 0.15) is 17.6 Å². The summed E-state index contributed by atoms with van der Waals surface area (Å²) in [6.07, 6.45) is 6.04. The highest BCUT2D eigenvalue weighted by atomic mass is 35.5. The molecule has 5 atom stereocenters. The SMILES string of the molecule is C=CCCCOC(=O)[C@H]1[C@H]2C(=O)N(CCCO)C(C(=O)N(CC=C)c3ccc(Cl)cc3)C23CC[C@]1(C)O3.